The maximum Gasteiger partial charge on any atom is 0.287 e. The average Bonchev–Trinajstić information content (AvgIpc) is 2.87. The first-order chi connectivity index (χ1) is 10.0. The van der Waals surface area contributed by atoms with Gasteiger partial charge in [0.2, 0.25) is 0 Å². The fourth-order valence-electron chi connectivity index (χ4n) is 2.07. The molecule has 0 spiro atoms. The van der Waals surface area contributed by atoms with Gasteiger partial charge in [-0.1, -0.05) is 24.3 Å². The van der Waals surface area contributed by atoms with Crippen molar-refractivity contribution in [2.75, 3.05) is 0 Å². The Labute approximate surface area is 121 Å². The molecule has 0 radical (unpaired) electrons. The van der Waals surface area contributed by atoms with Gasteiger partial charge in [-0.15, -0.1) is 0 Å². The number of nitrogens with two attached hydrogens (primary N) is 1. The molecule has 7 nitrogen and oxygen atoms in total. The number of aromatic nitrogens is 1. The van der Waals surface area contributed by atoms with Crippen molar-refractivity contribution in [1.29, 1.82) is 0 Å². The molecule has 0 atom stereocenters. The van der Waals surface area contributed by atoms with E-state index in [1.54, 1.807) is 7.05 Å². The van der Waals surface area contributed by atoms with Gasteiger partial charge in [0.1, 0.15) is 5.69 Å². The summed E-state index contributed by atoms with van der Waals surface area (Å²) in [5.74, 6) is -0.363. The van der Waals surface area contributed by atoms with Crippen molar-refractivity contribution in [2.24, 2.45) is 12.8 Å². The van der Waals surface area contributed by atoms with Crippen LogP contribution < -0.4 is 11.1 Å². The zero-order valence-electron chi connectivity index (χ0n) is 11.6. The first-order valence-corrected chi connectivity index (χ1v) is 6.38. The molecule has 0 aliphatic rings. The van der Waals surface area contributed by atoms with Crippen LogP contribution in [0.5, 0.6) is 0 Å². The van der Waals surface area contributed by atoms with E-state index in [1.165, 1.54) is 16.8 Å². The SMILES string of the molecule is Cn1cc([N+](=O)[O-])cc1C(=O)NCc1ccccc1CN. The van der Waals surface area contributed by atoms with Crippen molar-refractivity contribution in [3.8, 4) is 0 Å². The third-order valence-corrected chi connectivity index (χ3v) is 3.21. The van der Waals surface area contributed by atoms with Crippen LogP contribution in [0.3, 0.4) is 0 Å². The molecule has 0 aliphatic heterocycles. The molecule has 0 saturated heterocycles. The number of nitro groups is 1. The molecule has 0 aliphatic carbocycles. The van der Waals surface area contributed by atoms with E-state index in [0.717, 1.165) is 11.1 Å². The Morgan fingerprint density at radius 3 is 2.62 bits per heavy atom. The van der Waals surface area contributed by atoms with Crippen molar-refractivity contribution in [1.82, 2.24) is 9.88 Å². The molecule has 0 fully saturated rings. The third-order valence-electron chi connectivity index (χ3n) is 3.21. The van der Waals surface area contributed by atoms with Crippen LogP contribution in [-0.2, 0) is 20.1 Å². The van der Waals surface area contributed by atoms with E-state index in [9.17, 15) is 14.9 Å². The van der Waals surface area contributed by atoms with E-state index in [4.69, 9.17) is 5.73 Å². The summed E-state index contributed by atoms with van der Waals surface area (Å²) in [6, 6.07) is 8.79. The molecule has 0 saturated carbocycles. The summed E-state index contributed by atoms with van der Waals surface area (Å²) in [5.41, 5.74) is 7.66. The van der Waals surface area contributed by atoms with E-state index in [0.29, 0.717) is 13.1 Å². The zero-order valence-corrected chi connectivity index (χ0v) is 11.6. The maximum absolute atomic E-state index is 12.1. The van der Waals surface area contributed by atoms with E-state index in [-0.39, 0.29) is 17.3 Å². The second-order valence-corrected chi connectivity index (χ2v) is 4.61. The van der Waals surface area contributed by atoms with Gasteiger partial charge in [-0.2, -0.15) is 0 Å². The summed E-state index contributed by atoms with van der Waals surface area (Å²) < 4.78 is 1.43. The fraction of sp³-hybridized carbons (Fsp3) is 0.214. The molecule has 7 heteroatoms. The Bertz CT molecular complexity index is 679. The topological polar surface area (TPSA) is 103 Å². The summed E-state index contributed by atoms with van der Waals surface area (Å²) in [7, 11) is 1.59. The maximum atomic E-state index is 12.1. The Hall–Kier alpha value is -2.67. The van der Waals surface area contributed by atoms with Crippen molar-refractivity contribution >= 4 is 11.6 Å². The standard InChI is InChI=1S/C14H16N4O3/c1-17-9-12(18(20)21)6-13(17)14(19)16-8-11-5-3-2-4-10(11)7-15/h2-6,9H,7-8,15H2,1H3,(H,16,19). The van der Waals surface area contributed by atoms with Crippen LogP contribution >= 0.6 is 0 Å². The van der Waals surface area contributed by atoms with Gasteiger partial charge in [-0.25, -0.2) is 0 Å². The molecule has 110 valence electrons. The third kappa shape index (κ3) is 3.26. The summed E-state index contributed by atoms with van der Waals surface area (Å²) in [4.78, 5) is 22.3. The highest BCUT2D eigenvalue weighted by molar-refractivity contribution is 5.93. The largest absolute Gasteiger partial charge is 0.347 e. The van der Waals surface area contributed by atoms with Crippen LogP contribution in [0.2, 0.25) is 0 Å². The van der Waals surface area contributed by atoms with E-state index < -0.39 is 4.92 Å². The summed E-state index contributed by atoms with van der Waals surface area (Å²) in [6.07, 6.45) is 1.31. The Morgan fingerprint density at radius 2 is 2.05 bits per heavy atom. The van der Waals surface area contributed by atoms with Crippen LogP contribution in [-0.4, -0.2) is 15.4 Å². The lowest BCUT2D eigenvalue weighted by Gasteiger charge is -2.09. The lowest BCUT2D eigenvalue weighted by Crippen LogP contribution is -2.25. The molecule has 1 aromatic carbocycles. The van der Waals surface area contributed by atoms with Crippen LogP contribution in [0.15, 0.2) is 36.5 Å². The van der Waals surface area contributed by atoms with Gasteiger partial charge < -0.3 is 15.6 Å². The number of carbonyl (C=O) groups is 1. The van der Waals surface area contributed by atoms with E-state index >= 15 is 0 Å². The van der Waals surface area contributed by atoms with Gasteiger partial charge in [0, 0.05) is 26.2 Å². The highest BCUT2D eigenvalue weighted by Gasteiger charge is 2.17. The summed E-state index contributed by atoms with van der Waals surface area (Å²) in [5, 5.41) is 13.4. The minimum atomic E-state index is -0.527. The van der Waals surface area contributed by atoms with Crippen molar-refractivity contribution in [3.05, 3.63) is 63.5 Å². The second-order valence-electron chi connectivity index (χ2n) is 4.61. The molecule has 1 heterocycles. The first-order valence-electron chi connectivity index (χ1n) is 6.38. The molecule has 0 bridgehead atoms. The lowest BCUT2D eigenvalue weighted by molar-refractivity contribution is -0.384. The van der Waals surface area contributed by atoms with Gasteiger partial charge in [-0.05, 0) is 11.1 Å². The smallest absolute Gasteiger partial charge is 0.287 e. The lowest BCUT2D eigenvalue weighted by atomic mass is 10.1. The highest BCUT2D eigenvalue weighted by Crippen LogP contribution is 2.15. The van der Waals surface area contributed by atoms with Gasteiger partial charge in [-0.3, -0.25) is 14.9 Å². The normalized spacial score (nSPS) is 10.4. The quantitative estimate of drug-likeness (QED) is 0.639. The molecule has 21 heavy (non-hydrogen) atoms. The molecule has 2 rings (SSSR count). The number of carbonyl (C=O) groups excluding carboxylic acids is 1. The van der Waals surface area contributed by atoms with Gasteiger partial charge in [0.25, 0.3) is 11.6 Å². The molecular formula is C14H16N4O3. The highest BCUT2D eigenvalue weighted by atomic mass is 16.6. The van der Waals surface area contributed by atoms with Gasteiger partial charge in [0.05, 0.1) is 11.1 Å². The number of aryl methyl sites for hydroxylation is 1. The predicted octanol–water partition coefficient (Wildman–Crippen LogP) is 1.32. The number of hydrogen-bond acceptors (Lipinski definition) is 4. The Morgan fingerprint density at radius 1 is 1.38 bits per heavy atom. The summed E-state index contributed by atoms with van der Waals surface area (Å²) >= 11 is 0. The van der Waals surface area contributed by atoms with Crippen LogP contribution in [0.4, 0.5) is 5.69 Å². The predicted molar refractivity (Wildman–Crippen MR) is 77.6 cm³/mol. The van der Waals surface area contributed by atoms with Crippen LogP contribution in [0.25, 0.3) is 0 Å². The van der Waals surface area contributed by atoms with Gasteiger partial charge >= 0.3 is 0 Å². The van der Waals surface area contributed by atoms with Crippen molar-refractivity contribution in [2.45, 2.75) is 13.1 Å². The molecule has 3 N–H and O–H groups in total. The average molecular weight is 288 g/mol. The zero-order chi connectivity index (χ0) is 15.4. The van der Waals surface area contributed by atoms with E-state index in [2.05, 4.69) is 5.32 Å². The number of rotatable bonds is 5. The Kier molecular flexibility index (Phi) is 4.34. The second kappa shape index (κ2) is 6.19. The molecular weight excluding hydrogens is 272 g/mol. The Balaban J connectivity index is 2.10. The van der Waals surface area contributed by atoms with Gasteiger partial charge in [0.15, 0.2) is 0 Å². The van der Waals surface area contributed by atoms with Crippen molar-refractivity contribution in [3.63, 3.8) is 0 Å². The molecule has 0 unspecified atom stereocenters. The molecule has 2 aromatic rings. The monoisotopic (exact) mass is 288 g/mol. The van der Waals surface area contributed by atoms with Crippen molar-refractivity contribution < 1.29 is 9.72 Å². The molecule has 1 amide bonds. The molecule has 1 aromatic heterocycles. The number of amides is 1. The number of nitrogens with zero attached hydrogens (tertiary/aromatic N) is 2. The number of benzene rings is 1. The first kappa shape index (κ1) is 14.7. The minimum absolute atomic E-state index is 0.106. The minimum Gasteiger partial charge on any atom is -0.347 e. The van der Waals surface area contributed by atoms with E-state index in [1.807, 2.05) is 24.3 Å². The fourth-order valence-corrected chi connectivity index (χ4v) is 2.07. The van der Waals surface area contributed by atoms with Crippen LogP contribution in [0, 0.1) is 10.1 Å². The van der Waals surface area contributed by atoms with Crippen LogP contribution in [0.1, 0.15) is 21.6 Å². The number of hydrogen-bond donors (Lipinski definition) is 2. The number of nitrogens with one attached hydrogen (secondary N) is 1. The summed E-state index contributed by atoms with van der Waals surface area (Å²) in [6.45, 7) is 0.715.